The lowest BCUT2D eigenvalue weighted by Gasteiger charge is -2.28. The van der Waals surface area contributed by atoms with Crippen molar-refractivity contribution >= 4 is 34.8 Å². The molecule has 1 aliphatic carbocycles. The van der Waals surface area contributed by atoms with E-state index in [0.717, 1.165) is 18.2 Å². The zero-order chi connectivity index (χ0) is 28.4. The van der Waals surface area contributed by atoms with Crippen molar-refractivity contribution in [3.8, 4) is 11.1 Å². The van der Waals surface area contributed by atoms with Crippen molar-refractivity contribution in [2.45, 2.75) is 0 Å². The van der Waals surface area contributed by atoms with E-state index >= 15 is 0 Å². The highest BCUT2D eigenvalue weighted by atomic mass is 16.6. The van der Waals surface area contributed by atoms with Crippen molar-refractivity contribution in [2.75, 3.05) is 26.4 Å². The van der Waals surface area contributed by atoms with Crippen LogP contribution in [-0.4, -0.2) is 69.1 Å². The van der Waals surface area contributed by atoms with E-state index in [0.29, 0.717) is 12.1 Å². The zero-order valence-corrected chi connectivity index (χ0v) is 19.1. The second-order valence-electron chi connectivity index (χ2n) is 8.11. The molecule has 38 heavy (non-hydrogen) atoms. The molecule has 2 N–H and O–H groups in total. The number of esters is 2. The summed E-state index contributed by atoms with van der Waals surface area (Å²) in [5.74, 6) is -3.17. The predicted molar refractivity (Wildman–Crippen MR) is 123 cm³/mol. The number of nitrogens with zero attached hydrogens (tertiary/aromatic N) is 3. The van der Waals surface area contributed by atoms with Crippen molar-refractivity contribution < 1.29 is 48.8 Å². The van der Waals surface area contributed by atoms with Gasteiger partial charge in [-0.3, -0.25) is 35.1 Å². The van der Waals surface area contributed by atoms with Gasteiger partial charge in [-0.15, -0.1) is 0 Å². The van der Waals surface area contributed by atoms with Gasteiger partial charge in [0, 0.05) is 29.3 Å². The van der Waals surface area contributed by atoms with Gasteiger partial charge in [0.15, 0.2) is 5.78 Å². The van der Waals surface area contributed by atoms with Gasteiger partial charge in [-0.05, 0) is 6.07 Å². The van der Waals surface area contributed by atoms with Crippen LogP contribution in [-0.2, 0) is 14.3 Å². The van der Waals surface area contributed by atoms with Gasteiger partial charge in [-0.2, -0.15) is 0 Å². The van der Waals surface area contributed by atoms with Crippen molar-refractivity contribution in [1.82, 2.24) is 0 Å². The Bertz CT molecular complexity index is 1410. The third-order valence-electron chi connectivity index (χ3n) is 5.67. The summed E-state index contributed by atoms with van der Waals surface area (Å²) >= 11 is 0. The van der Waals surface area contributed by atoms with Crippen LogP contribution in [0.15, 0.2) is 36.9 Å². The first-order chi connectivity index (χ1) is 17.9. The minimum absolute atomic E-state index is 0.496. The molecule has 0 unspecified atom stereocenters. The highest BCUT2D eigenvalue weighted by Crippen LogP contribution is 2.49. The topological polar surface area (TPSA) is 240 Å². The fourth-order valence-electron chi connectivity index (χ4n) is 3.64. The molecule has 1 aliphatic rings. The first kappa shape index (κ1) is 27.5. The second-order valence-corrected chi connectivity index (χ2v) is 8.11. The standard InChI is InChI=1S/C22H17N3O13/c1-2-17(28)37-9-22(7-26,8-27)10-38-21(30)11-3-13-18(15(4-11)24(33)34)19-14(20(13)29)5-12(23(31)32)6-16(19)25(35)36/h2-6,26-27H,1,7-10H2. The van der Waals surface area contributed by atoms with Gasteiger partial charge in [-0.1, -0.05) is 6.58 Å². The molecule has 16 heteroatoms. The number of ketones is 1. The number of aliphatic hydroxyl groups excluding tert-OH is 2. The summed E-state index contributed by atoms with van der Waals surface area (Å²) in [4.78, 5) is 68.8. The van der Waals surface area contributed by atoms with E-state index in [2.05, 4.69) is 6.58 Å². The summed E-state index contributed by atoms with van der Waals surface area (Å²) in [5, 5.41) is 54.0. The minimum Gasteiger partial charge on any atom is -0.462 e. The van der Waals surface area contributed by atoms with Crippen LogP contribution in [0, 0.1) is 35.8 Å². The highest BCUT2D eigenvalue weighted by molar-refractivity contribution is 6.25. The minimum atomic E-state index is -1.65. The van der Waals surface area contributed by atoms with Crippen LogP contribution in [0.3, 0.4) is 0 Å². The molecule has 2 aromatic rings. The molecule has 0 bridgehead atoms. The maximum Gasteiger partial charge on any atom is 0.338 e. The fraction of sp³-hybridized carbons (Fsp3) is 0.227. The normalized spacial score (nSPS) is 11.8. The van der Waals surface area contributed by atoms with Gasteiger partial charge in [0.2, 0.25) is 0 Å². The highest BCUT2D eigenvalue weighted by Gasteiger charge is 2.42. The Kier molecular flexibility index (Phi) is 7.59. The largest absolute Gasteiger partial charge is 0.462 e. The Morgan fingerprint density at radius 1 is 0.868 bits per heavy atom. The number of rotatable bonds is 11. The number of non-ortho nitro benzene ring substituents is 1. The van der Waals surface area contributed by atoms with Crippen LogP contribution >= 0.6 is 0 Å². The van der Waals surface area contributed by atoms with E-state index < -0.39 is 109 Å². The Balaban J connectivity index is 2.05. The third-order valence-corrected chi connectivity index (χ3v) is 5.67. The number of hydrogen-bond donors (Lipinski definition) is 2. The second kappa shape index (κ2) is 10.5. The summed E-state index contributed by atoms with van der Waals surface area (Å²) in [5.41, 5.74) is -6.80. The molecule has 198 valence electrons. The number of carbonyl (C=O) groups excluding carboxylic acids is 3. The Morgan fingerprint density at radius 2 is 1.39 bits per heavy atom. The van der Waals surface area contributed by atoms with Crippen LogP contribution < -0.4 is 0 Å². The molecule has 0 heterocycles. The summed E-state index contributed by atoms with van der Waals surface area (Å²) < 4.78 is 9.84. The lowest BCUT2D eigenvalue weighted by atomic mass is 9.92. The van der Waals surface area contributed by atoms with Gasteiger partial charge in [0.05, 0.1) is 56.2 Å². The SMILES string of the molecule is C=CC(=O)OCC(CO)(CO)COC(=O)c1cc2c(c([N+](=O)[O-])c1)-c1c(cc([N+](=O)[O-])cc1[N+](=O)[O-])C2=O. The third kappa shape index (κ3) is 4.93. The molecule has 0 spiro atoms. The zero-order valence-electron chi connectivity index (χ0n) is 19.1. The van der Waals surface area contributed by atoms with Crippen LogP contribution in [0.1, 0.15) is 26.3 Å². The Labute approximate surface area is 211 Å². The first-order valence-electron chi connectivity index (χ1n) is 10.4. The van der Waals surface area contributed by atoms with Crippen molar-refractivity contribution in [2.24, 2.45) is 5.41 Å². The smallest absolute Gasteiger partial charge is 0.338 e. The number of nitro groups is 3. The lowest BCUT2D eigenvalue weighted by molar-refractivity contribution is -0.394. The van der Waals surface area contributed by atoms with E-state index in [4.69, 9.17) is 9.47 Å². The van der Waals surface area contributed by atoms with Crippen molar-refractivity contribution in [3.05, 3.63) is 84.0 Å². The molecular weight excluding hydrogens is 514 g/mol. The number of fused-ring (bicyclic) bond motifs is 3. The average Bonchev–Trinajstić information content (AvgIpc) is 3.19. The van der Waals surface area contributed by atoms with Gasteiger partial charge < -0.3 is 19.7 Å². The molecule has 0 saturated heterocycles. The monoisotopic (exact) mass is 531 g/mol. The molecule has 0 atom stereocenters. The summed E-state index contributed by atoms with van der Waals surface area (Å²) in [6.45, 7) is 0.275. The number of hydrogen-bond acceptors (Lipinski definition) is 13. The molecule has 16 nitrogen and oxygen atoms in total. The number of nitro benzene ring substituents is 3. The first-order valence-corrected chi connectivity index (χ1v) is 10.4. The van der Waals surface area contributed by atoms with E-state index in [9.17, 15) is 54.9 Å². The molecular formula is C22H17N3O13. The fourth-order valence-corrected chi connectivity index (χ4v) is 3.64. The number of ether oxygens (including phenoxy) is 2. The molecule has 0 amide bonds. The molecule has 0 saturated carbocycles. The Hall–Kier alpha value is -5.09. The maximum atomic E-state index is 13.0. The van der Waals surface area contributed by atoms with Crippen LogP contribution in [0.2, 0.25) is 0 Å². The molecule has 0 aliphatic heterocycles. The number of carbonyl (C=O) groups is 3. The van der Waals surface area contributed by atoms with Gasteiger partial charge in [-0.25, -0.2) is 9.59 Å². The van der Waals surface area contributed by atoms with Gasteiger partial charge in [0.25, 0.3) is 17.1 Å². The molecule has 0 fully saturated rings. The van der Waals surface area contributed by atoms with E-state index in [1.54, 1.807) is 0 Å². The summed E-state index contributed by atoms with van der Waals surface area (Å²) in [7, 11) is 0. The van der Waals surface area contributed by atoms with E-state index in [1.165, 1.54) is 0 Å². The molecule has 3 rings (SSSR count). The molecule has 0 aromatic heterocycles. The summed E-state index contributed by atoms with van der Waals surface area (Å²) in [6.07, 6.45) is 0.823. The van der Waals surface area contributed by atoms with Crippen molar-refractivity contribution in [3.63, 3.8) is 0 Å². The van der Waals surface area contributed by atoms with Gasteiger partial charge in [0.1, 0.15) is 13.2 Å². The quantitative estimate of drug-likeness (QED) is 0.154. The number of benzene rings is 2. The predicted octanol–water partition coefficient (Wildman–Crippen LogP) is 1.48. The average molecular weight is 531 g/mol. The van der Waals surface area contributed by atoms with Crippen LogP contribution in [0.4, 0.5) is 17.1 Å². The molecule has 2 aromatic carbocycles. The lowest BCUT2D eigenvalue weighted by Crippen LogP contribution is -2.41. The van der Waals surface area contributed by atoms with E-state index in [-0.39, 0.29) is 0 Å². The Morgan fingerprint density at radius 3 is 1.89 bits per heavy atom. The van der Waals surface area contributed by atoms with E-state index in [1.807, 2.05) is 0 Å². The maximum absolute atomic E-state index is 13.0. The van der Waals surface area contributed by atoms with Crippen molar-refractivity contribution in [1.29, 1.82) is 0 Å². The van der Waals surface area contributed by atoms with Crippen LogP contribution in [0.25, 0.3) is 11.1 Å². The van der Waals surface area contributed by atoms with Crippen LogP contribution in [0.5, 0.6) is 0 Å². The number of aliphatic hydroxyl groups is 2. The summed E-state index contributed by atoms with van der Waals surface area (Å²) in [6, 6.07) is 2.88. The molecule has 0 radical (unpaired) electrons. The van der Waals surface area contributed by atoms with Gasteiger partial charge >= 0.3 is 11.9 Å².